The van der Waals surface area contributed by atoms with Gasteiger partial charge in [-0.3, -0.25) is 9.89 Å². The highest BCUT2D eigenvalue weighted by atomic mass is 32.2. The first kappa shape index (κ1) is 15.9. The molecule has 10 heteroatoms. The number of hydrogen-bond acceptors (Lipinski definition) is 6. The van der Waals surface area contributed by atoms with Crippen LogP contribution in [0.15, 0.2) is 21.4 Å². The SMILES string of the molecule is CCCNCc1cn[nH]c1S(=O)(=O)NCc1csc(=O)[nH]1. The highest BCUT2D eigenvalue weighted by Gasteiger charge is 2.20. The van der Waals surface area contributed by atoms with Gasteiger partial charge in [0.15, 0.2) is 5.03 Å². The summed E-state index contributed by atoms with van der Waals surface area (Å²) in [4.78, 5) is 13.3. The Morgan fingerprint density at radius 3 is 2.86 bits per heavy atom. The molecule has 0 aliphatic carbocycles. The minimum atomic E-state index is -3.70. The molecule has 0 amide bonds. The zero-order valence-corrected chi connectivity index (χ0v) is 13.1. The monoisotopic (exact) mass is 331 g/mol. The van der Waals surface area contributed by atoms with Crippen LogP contribution in [-0.4, -0.2) is 30.1 Å². The Bertz CT molecular complexity index is 731. The number of nitrogens with one attached hydrogen (secondary N) is 4. The van der Waals surface area contributed by atoms with Gasteiger partial charge in [-0.25, -0.2) is 13.1 Å². The fraction of sp³-hybridized carbons (Fsp3) is 0.455. The molecular weight excluding hydrogens is 314 g/mol. The number of H-pyrrole nitrogens is 2. The van der Waals surface area contributed by atoms with Crippen LogP contribution in [0.2, 0.25) is 0 Å². The molecule has 2 rings (SSSR count). The molecule has 2 aromatic rings. The first-order chi connectivity index (χ1) is 10.0. The molecule has 8 nitrogen and oxygen atoms in total. The van der Waals surface area contributed by atoms with Crippen molar-refractivity contribution < 1.29 is 8.42 Å². The minimum Gasteiger partial charge on any atom is -0.315 e. The fourth-order valence-corrected chi connectivity index (χ4v) is 3.42. The topological polar surface area (TPSA) is 120 Å². The van der Waals surface area contributed by atoms with Crippen molar-refractivity contribution in [2.75, 3.05) is 6.54 Å². The van der Waals surface area contributed by atoms with Crippen LogP contribution in [0.3, 0.4) is 0 Å². The van der Waals surface area contributed by atoms with Gasteiger partial charge in [-0.05, 0) is 13.0 Å². The van der Waals surface area contributed by atoms with Gasteiger partial charge >= 0.3 is 4.87 Å². The first-order valence-corrected chi connectivity index (χ1v) is 8.78. The van der Waals surface area contributed by atoms with Crippen LogP contribution in [0.5, 0.6) is 0 Å². The predicted molar refractivity (Wildman–Crippen MR) is 79.6 cm³/mol. The van der Waals surface area contributed by atoms with Gasteiger partial charge in [-0.2, -0.15) is 5.10 Å². The molecule has 0 saturated heterocycles. The zero-order chi connectivity index (χ0) is 15.3. The molecule has 0 bridgehead atoms. The summed E-state index contributed by atoms with van der Waals surface area (Å²) in [6.45, 7) is 3.29. The number of thiazole rings is 1. The standard InChI is InChI=1S/C11H17N5O3S2/c1-2-3-12-4-8-5-13-16-10(8)21(18,19)14-6-9-7-20-11(17)15-9/h5,7,12,14H,2-4,6H2,1H3,(H,13,16)(H,15,17). The zero-order valence-electron chi connectivity index (χ0n) is 11.5. The maximum absolute atomic E-state index is 12.2. The molecular formula is C11H17N5O3S2. The summed E-state index contributed by atoms with van der Waals surface area (Å²) in [6, 6.07) is 0. The van der Waals surface area contributed by atoms with E-state index in [0.717, 1.165) is 24.3 Å². The van der Waals surface area contributed by atoms with E-state index in [-0.39, 0.29) is 16.4 Å². The highest BCUT2D eigenvalue weighted by Crippen LogP contribution is 2.12. The van der Waals surface area contributed by atoms with Gasteiger partial charge < -0.3 is 10.3 Å². The summed E-state index contributed by atoms with van der Waals surface area (Å²) in [7, 11) is -3.70. The van der Waals surface area contributed by atoms with Crippen molar-refractivity contribution in [3.63, 3.8) is 0 Å². The quantitative estimate of drug-likeness (QED) is 0.513. The van der Waals surface area contributed by atoms with Gasteiger partial charge in [0.05, 0.1) is 12.7 Å². The van der Waals surface area contributed by atoms with Gasteiger partial charge in [0, 0.05) is 23.2 Å². The average molecular weight is 331 g/mol. The van der Waals surface area contributed by atoms with Crippen LogP contribution in [-0.2, 0) is 23.1 Å². The maximum atomic E-state index is 12.2. The number of rotatable bonds is 8. The van der Waals surface area contributed by atoms with E-state index in [1.807, 2.05) is 6.92 Å². The smallest absolute Gasteiger partial charge is 0.304 e. The van der Waals surface area contributed by atoms with Crippen molar-refractivity contribution >= 4 is 21.4 Å². The molecule has 4 N–H and O–H groups in total. The summed E-state index contributed by atoms with van der Waals surface area (Å²) in [5.41, 5.74) is 1.11. The lowest BCUT2D eigenvalue weighted by Crippen LogP contribution is -2.26. The number of aromatic nitrogens is 3. The molecule has 2 aromatic heterocycles. The average Bonchev–Trinajstić information content (AvgIpc) is 3.06. The Hall–Kier alpha value is -1.49. The number of nitrogens with zero attached hydrogens (tertiary/aromatic N) is 1. The van der Waals surface area contributed by atoms with Crippen molar-refractivity contribution in [3.8, 4) is 0 Å². The molecule has 0 aliphatic rings. The Kier molecular flexibility index (Phi) is 5.28. The molecule has 116 valence electrons. The van der Waals surface area contributed by atoms with E-state index < -0.39 is 10.0 Å². The summed E-state index contributed by atoms with van der Waals surface area (Å²) in [6.07, 6.45) is 2.45. The molecule has 0 saturated carbocycles. The first-order valence-electron chi connectivity index (χ1n) is 6.42. The Morgan fingerprint density at radius 2 is 2.19 bits per heavy atom. The van der Waals surface area contributed by atoms with Crippen molar-refractivity contribution in [1.29, 1.82) is 0 Å². The van der Waals surface area contributed by atoms with Gasteiger partial charge in [0.25, 0.3) is 10.0 Å². The largest absolute Gasteiger partial charge is 0.315 e. The second-order valence-corrected chi connectivity index (χ2v) is 6.95. The molecule has 2 heterocycles. The summed E-state index contributed by atoms with van der Waals surface area (Å²) in [5, 5.41) is 11.0. The minimum absolute atomic E-state index is 0.0297. The van der Waals surface area contributed by atoms with Gasteiger partial charge in [0.1, 0.15) is 0 Å². The summed E-state index contributed by atoms with van der Waals surface area (Å²) < 4.78 is 26.9. The molecule has 0 aliphatic heterocycles. The predicted octanol–water partition coefficient (Wildman–Crippen LogP) is 0.138. The number of aromatic amines is 2. The second-order valence-electron chi connectivity index (χ2n) is 4.40. The van der Waals surface area contributed by atoms with E-state index in [1.165, 1.54) is 6.20 Å². The molecule has 0 fully saturated rings. The van der Waals surface area contributed by atoms with Crippen molar-refractivity contribution in [2.45, 2.75) is 31.5 Å². The lowest BCUT2D eigenvalue weighted by Gasteiger charge is -2.07. The maximum Gasteiger partial charge on any atom is 0.304 e. The van der Waals surface area contributed by atoms with E-state index in [4.69, 9.17) is 0 Å². The number of sulfonamides is 1. The molecule has 0 atom stereocenters. The van der Waals surface area contributed by atoms with Crippen LogP contribution in [0.1, 0.15) is 24.6 Å². The van der Waals surface area contributed by atoms with Crippen LogP contribution < -0.4 is 14.9 Å². The van der Waals surface area contributed by atoms with Crippen molar-refractivity contribution in [3.05, 3.63) is 32.5 Å². The fourth-order valence-electron chi connectivity index (χ4n) is 1.70. The van der Waals surface area contributed by atoms with E-state index in [0.29, 0.717) is 17.8 Å². The number of hydrogen-bond donors (Lipinski definition) is 4. The van der Waals surface area contributed by atoms with Gasteiger partial charge in [0.2, 0.25) is 0 Å². The Balaban J connectivity index is 2.05. The van der Waals surface area contributed by atoms with E-state index in [2.05, 4.69) is 25.2 Å². The van der Waals surface area contributed by atoms with E-state index in [1.54, 1.807) is 5.38 Å². The highest BCUT2D eigenvalue weighted by molar-refractivity contribution is 7.89. The van der Waals surface area contributed by atoms with E-state index in [9.17, 15) is 13.2 Å². The summed E-state index contributed by atoms with van der Waals surface area (Å²) >= 11 is 0.993. The normalized spacial score (nSPS) is 11.9. The van der Waals surface area contributed by atoms with E-state index >= 15 is 0 Å². The van der Waals surface area contributed by atoms with Crippen molar-refractivity contribution in [2.24, 2.45) is 0 Å². The lowest BCUT2D eigenvalue weighted by molar-refractivity contribution is 0.573. The molecule has 21 heavy (non-hydrogen) atoms. The van der Waals surface area contributed by atoms with Crippen molar-refractivity contribution in [1.82, 2.24) is 25.2 Å². The third-order valence-corrected chi connectivity index (χ3v) is 4.85. The molecule has 0 unspecified atom stereocenters. The molecule has 0 radical (unpaired) electrons. The Labute approximate surface area is 126 Å². The van der Waals surface area contributed by atoms with Crippen LogP contribution in [0.25, 0.3) is 0 Å². The second kappa shape index (κ2) is 6.98. The molecule has 0 spiro atoms. The lowest BCUT2D eigenvalue weighted by atomic mass is 10.3. The Morgan fingerprint density at radius 1 is 1.38 bits per heavy atom. The van der Waals surface area contributed by atoms with Crippen LogP contribution in [0.4, 0.5) is 0 Å². The third kappa shape index (κ3) is 4.24. The van der Waals surface area contributed by atoms with Crippen LogP contribution >= 0.6 is 11.3 Å². The molecule has 0 aromatic carbocycles. The van der Waals surface area contributed by atoms with Crippen LogP contribution in [0, 0.1) is 0 Å². The van der Waals surface area contributed by atoms with Gasteiger partial charge in [-0.15, -0.1) is 0 Å². The van der Waals surface area contributed by atoms with Gasteiger partial charge in [-0.1, -0.05) is 18.3 Å². The third-order valence-electron chi connectivity index (χ3n) is 2.71. The summed E-state index contributed by atoms with van der Waals surface area (Å²) in [5.74, 6) is 0.